The van der Waals surface area contributed by atoms with Gasteiger partial charge in [-0.2, -0.15) is 4.31 Å². The molecule has 1 N–H and O–H groups in total. The van der Waals surface area contributed by atoms with Crippen LogP contribution in [0.25, 0.3) is 6.08 Å². The van der Waals surface area contributed by atoms with Crippen LogP contribution in [0.5, 0.6) is 0 Å². The van der Waals surface area contributed by atoms with Gasteiger partial charge in [0, 0.05) is 0 Å². The molecule has 26 heavy (non-hydrogen) atoms. The summed E-state index contributed by atoms with van der Waals surface area (Å²) in [6.45, 7) is 2.86. The summed E-state index contributed by atoms with van der Waals surface area (Å²) in [5.74, 6) is -2.20. The highest BCUT2D eigenvalue weighted by molar-refractivity contribution is 7.89. The summed E-state index contributed by atoms with van der Waals surface area (Å²) in [4.78, 5) is 1.08. The van der Waals surface area contributed by atoms with E-state index in [-0.39, 0.29) is 4.90 Å². The summed E-state index contributed by atoms with van der Waals surface area (Å²) >= 11 is 0. The van der Waals surface area contributed by atoms with Crippen molar-refractivity contribution >= 4 is 16.1 Å². The topological polar surface area (TPSA) is 41.8 Å². The number of rotatable bonds is 5. The van der Waals surface area contributed by atoms with Crippen LogP contribution < -0.4 is 4.90 Å². The molecule has 0 aromatic heterocycles. The zero-order valence-corrected chi connectivity index (χ0v) is 15.1. The van der Waals surface area contributed by atoms with Crippen molar-refractivity contribution in [2.75, 3.05) is 32.7 Å². The summed E-state index contributed by atoms with van der Waals surface area (Å²) in [5.41, 5.74) is 1.13. The van der Waals surface area contributed by atoms with Gasteiger partial charge >= 0.3 is 0 Å². The van der Waals surface area contributed by atoms with E-state index in [1.165, 1.54) is 9.21 Å². The molecular formula is C19H21F2N2O2S+. The van der Waals surface area contributed by atoms with E-state index in [1.807, 2.05) is 30.3 Å². The minimum Gasteiger partial charge on any atom is -0.329 e. The van der Waals surface area contributed by atoms with Crippen molar-refractivity contribution in [1.29, 1.82) is 0 Å². The molecule has 0 unspecified atom stereocenters. The lowest BCUT2D eigenvalue weighted by atomic mass is 10.2. The van der Waals surface area contributed by atoms with Crippen LogP contribution in [0, 0.1) is 11.6 Å². The van der Waals surface area contributed by atoms with E-state index >= 15 is 0 Å². The molecule has 0 bridgehead atoms. The van der Waals surface area contributed by atoms with Gasteiger partial charge in [0.1, 0.15) is 0 Å². The lowest BCUT2D eigenvalue weighted by Crippen LogP contribution is -3.14. The zero-order chi connectivity index (χ0) is 18.6. The van der Waals surface area contributed by atoms with Gasteiger partial charge in [-0.05, 0) is 29.8 Å². The first-order valence-corrected chi connectivity index (χ1v) is 9.91. The van der Waals surface area contributed by atoms with Crippen molar-refractivity contribution in [3.63, 3.8) is 0 Å². The molecule has 0 radical (unpaired) electrons. The smallest absolute Gasteiger partial charge is 0.243 e. The van der Waals surface area contributed by atoms with E-state index < -0.39 is 21.7 Å². The number of halogens is 2. The van der Waals surface area contributed by atoms with E-state index in [0.29, 0.717) is 26.2 Å². The van der Waals surface area contributed by atoms with Crippen molar-refractivity contribution in [3.05, 3.63) is 71.8 Å². The first kappa shape index (κ1) is 18.7. The zero-order valence-electron chi connectivity index (χ0n) is 14.2. The van der Waals surface area contributed by atoms with Gasteiger partial charge in [-0.3, -0.25) is 0 Å². The van der Waals surface area contributed by atoms with Crippen LogP contribution in [0.1, 0.15) is 5.56 Å². The number of quaternary nitrogens is 1. The molecule has 4 nitrogen and oxygen atoms in total. The Morgan fingerprint density at radius 2 is 1.69 bits per heavy atom. The SMILES string of the molecule is O=S(=O)(c1ccc(F)c(F)c1)N1CC[NH+](C/C=C/c2ccccc2)CC1. The molecule has 0 saturated carbocycles. The van der Waals surface area contributed by atoms with Gasteiger partial charge in [0.15, 0.2) is 11.6 Å². The Morgan fingerprint density at radius 3 is 2.35 bits per heavy atom. The summed E-state index contributed by atoms with van der Waals surface area (Å²) in [5, 5.41) is 0. The van der Waals surface area contributed by atoms with Crippen LogP contribution in [0.15, 0.2) is 59.5 Å². The molecule has 0 spiro atoms. The first-order chi connectivity index (χ1) is 12.5. The van der Waals surface area contributed by atoms with Crippen LogP contribution in [-0.4, -0.2) is 45.4 Å². The number of benzene rings is 2. The lowest BCUT2D eigenvalue weighted by Gasteiger charge is -2.31. The maximum Gasteiger partial charge on any atom is 0.243 e. The Hall–Kier alpha value is -2.09. The predicted octanol–water partition coefficient (Wildman–Crippen LogP) is 1.57. The van der Waals surface area contributed by atoms with Crippen LogP contribution >= 0.6 is 0 Å². The van der Waals surface area contributed by atoms with Gasteiger partial charge in [0.25, 0.3) is 0 Å². The molecule has 2 aromatic carbocycles. The van der Waals surface area contributed by atoms with E-state index in [9.17, 15) is 17.2 Å². The maximum absolute atomic E-state index is 13.3. The fourth-order valence-electron chi connectivity index (χ4n) is 2.96. The van der Waals surface area contributed by atoms with Gasteiger partial charge in [0.2, 0.25) is 10.0 Å². The second-order valence-corrected chi connectivity index (χ2v) is 8.19. The monoisotopic (exact) mass is 379 g/mol. The molecular weight excluding hydrogens is 358 g/mol. The number of nitrogens with zero attached hydrogens (tertiary/aromatic N) is 1. The number of hydrogen-bond donors (Lipinski definition) is 1. The highest BCUT2D eigenvalue weighted by Crippen LogP contribution is 2.18. The molecule has 0 amide bonds. The summed E-state index contributed by atoms with van der Waals surface area (Å²) in [7, 11) is -3.79. The molecule has 1 aliphatic heterocycles. The van der Waals surface area contributed by atoms with Crippen molar-refractivity contribution < 1.29 is 22.1 Å². The van der Waals surface area contributed by atoms with Crippen molar-refractivity contribution in [2.45, 2.75) is 4.90 Å². The average molecular weight is 379 g/mol. The van der Waals surface area contributed by atoms with Gasteiger partial charge in [-0.1, -0.05) is 36.4 Å². The Labute approximate surface area is 152 Å². The first-order valence-electron chi connectivity index (χ1n) is 8.47. The Balaban J connectivity index is 1.57. The highest BCUT2D eigenvalue weighted by Gasteiger charge is 2.30. The number of hydrogen-bond acceptors (Lipinski definition) is 2. The quantitative estimate of drug-likeness (QED) is 0.857. The van der Waals surface area contributed by atoms with Gasteiger partial charge in [-0.25, -0.2) is 17.2 Å². The van der Waals surface area contributed by atoms with Gasteiger partial charge < -0.3 is 4.90 Å². The van der Waals surface area contributed by atoms with E-state index in [2.05, 4.69) is 12.2 Å². The molecule has 1 fully saturated rings. The van der Waals surface area contributed by atoms with Crippen molar-refractivity contribution in [1.82, 2.24) is 4.31 Å². The minimum atomic E-state index is -3.79. The number of sulfonamides is 1. The lowest BCUT2D eigenvalue weighted by molar-refractivity contribution is -0.897. The molecule has 1 saturated heterocycles. The highest BCUT2D eigenvalue weighted by atomic mass is 32.2. The van der Waals surface area contributed by atoms with Crippen molar-refractivity contribution in [3.8, 4) is 0 Å². The maximum atomic E-state index is 13.3. The third-order valence-electron chi connectivity index (χ3n) is 4.47. The second-order valence-electron chi connectivity index (χ2n) is 6.25. The van der Waals surface area contributed by atoms with Gasteiger partial charge in [-0.15, -0.1) is 0 Å². The fraction of sp³-hybridized carbons (Fsp3) is 0.263. The minimum absolute atomic E-state index is 0.205. The number of nitrogens with one attached hydrogen (secondary N) is 1. The van der Waals surface area contributed by atoms with Gasteiger partial charge in [0.05, 0.1) is 37.6 Å². The molecule has 1 heterocycles. The average Bonchev–Trinajstić information content (AvgIpc) is 2.65. The van der Waals surface area contributed by atoms with Crippen LogP contribution in [0.4, 0.5) is 8.78 Å². The molecule has 138 valence electrons. The largest absolute Gasteiger partial charge is 0.329 e. The normalized spacial score (nSPS) is 17.0. The molecule has 3 rings (SSSR count). The third-order valence-corrected chi connectivity index (χ3v) is 6.37. The molecule has 2 aromatic rings. The predicted molar refractivity (Wildman–Crippen MR) is 96.2 cm³/mol. The van der Waals surface area contributed by atoms with Crippen molar-refractivity contribution in [2.24, 2.45) is 0 Å². The molecule has 0 aliphatic carbocycles. The van der Waals surface area contributed by atoms with E-state index in [4.69, 9.17) is 0 Å². The standard InChI is InChI=1S/C19H20F2N2O2S/c20-18-9-8-17(15-19(18)21)26(24,25)23-13-11-22(12-14-23)10-4-7-16-5-2-1-3-6-16/h1-9,15H,10-14H2/p+1/b7-4+. The summed E-state index contributed by atoms with van der Waals surface area (Å²) < 4.78 is 52.9. The third kappa shape index (κ3) is 4.35. The molecule has 1 aliphatic rings. The van der Waals surface area contributed by atoms with E-state index in [0.717, 1.165) is 30.3 Å². The Kier molecular flexibility index (Phi) is 5.80. The molecule has 7 heteroatoms. The summed E-state index contributed by atoms with van der Waals surface area (Å²) in [6.07, 6.45) is 4.14. The summed E-state index contributed by atoms with van der Waals surface area (Å²) in [6, 6.07) is 12.7. The van der Waals surface area contributed by atoms with Crippen LogP contribution in [0.3, 0.4) is 0 Å². The second kappa shape index (κ2) is 8.07. The van der Waals surface area contributed by atoms with E-state index in [1.54, 1.807) is 0 Å². The van der Waals surface area contributed by atoms with Crippen LogP contribution in [0.2, 0.25) is 0 Å². The fourth-order valence-corrected chi connectivity index (χ4v) is 4.41. The van der Waals surface area contributed by atoms with Crippen LogP contribution in [-0.2, 0) is 10.0 Å². The molecule has 0 atom stereocenters. The Morgan fingerprint density at radius 1 is 1.00 bits per heavy atom. The number of piperazine rings is 1. The Bertz CT molecular complexity index is 878.